The SMILES string of the molecule is CN(Cc1cscn1)C(=O)Nc1ncc(C(C)(C)C)s1. The van der Waals surface area contributed by atoms with Crippen molar-refractivity contribution in [2.45, 2.75) is 32.7 Å². The van der Waals surface area contributed by atoms with Crippen LogP contribution in [0.5, 0.6) is 0 Å². The van der Waals surface area contributed by atoms with E-state index in [0.29, 0.717) is 11.7 Å². The van der Waals surface area contributed by atoms with Gasteiger partial charge in [0.15, 0.2) is 5.13 Å². The normalized spacial score (nSPS) is 11.4. The molecule has 2 rings (SSSR count). The Labute approximate surface area is 126 Å². The van der Waals surface area contributed by atoms with Crippen molar-refractivity contribution in [3.63, 3.8) is 0 Å². The molecule has 2 amide bonds. The lowest BCUT2D eigenvalue weighted by molar-refractivity contribution is 0.220. The van der Waals surface area contributed by atoms with Gasteiger partial charge in [0.25, 0.3) is 0 Å². The van der Waals surface area contributed by atoms with Gasteiger partial charge in [-0.1, -0.05) is 20.8 Å². The second kappa shape index (κ2) is 5.88. The summed E-state index contributed by atoms with van der Waals surface area (Å²) in [5.41, 5.74) is 2.70. The number of anilines is 1. The van der Waals surface area contributed by atoms with Crippen LogP contribution in [0.15, 0.2) is 17.1 Å². The van der Waals surface area contributed by atoms with E-state index in [2.05, 4.69) is 36.1 Å². The largest absolute Gasteiger partial charge is 0.323 e. The van der Waals surface area contributed by atoms with E-state index in [1.54, 1.807) is 17.5 Å². The third-order valence-corrected chi connectivity index (χ3v) is 4.66. The fourth-order valence-corrected chi connectivity index (χ4v) is 2.91. The van der Waals surface area contributed by atoms with E-state index < -0.39 is 0 Å². The second-order valence-corrected chi connectivity index (χ2v) is 7.29. The van der Waals surface area contributed by atoms with Gasteiger partial charge in [0.1, 0.15) is 0 Å². The minimum atomic E-state index is -0.173. The fraction of sp³-hybridized carbons (Fsp3) is 0.462. The predicted molar refractivity (Wildman–Crippen MR) is 83.4 cm³/mol. The van der Waals surface area contributed by atoms with Gasteiger partial charge in [0, 0.05) is 23.5 Å². The molecule has 2 aromatic rings. The Morgan fingerprint density at radius 2 is 2.15 bits per heavy atom. The van der Waals surface area contributed by atoms with Gasteiger partial charge in [-0.15, -0.1) is 22.7 Å². The zero-order valence-electron chi connectivity index (χ0n) is 12.0. The van der Waals surface area contributed by atoms with Crippen molar-refractivity contribution in [3.05, 3.63) is 27.7 Å². The topological polar surface area (TPSA) is 58.1 Å². The Bertz CT molecular complexity index is 571. The molecule has 0 saturated carbocycles. The molecule has 1 N–H and O–H groups in total. The highest BCUT2D eigenvalue weighted by atomic mass is 32.1. The van der Waals surface area contributed by atoms with Gasteiger partial charge in [-0.25, -0.2) is 14.8 Å². The predicted octanol–water partition coefficient (Wildman–Crippen LogP) is 3.56. The summed E-state index contributed by atoms with van der Waals surface area (Å²) in [7, 11) is 1.74. The van der Waals surface area contributed by atoms with Crippen LogP contribution in [0.4, 0.5) is 9.93 Å². The molecule has 0 aromatic carbocycles. The summed E-state index contributed by atoms with van der Waals surface area (Å²) >= 11 is 3.03. The summed E-state index contributed by atoms with van der Waals surface area (Å²) in [5.74, 6) is 0. The number of nitrogens with one attached hydrogen (secondary N) is 1. The lowest BCUT2D eigenvalue weighted by Gasteiger charge is -2.16. The van der Waals surface area contributed by atoms with Crippen LogP contribution in [0.25, 0.3) is 0 Å². The van der Waals surface area contributed by atoms with Crippen molar-refractivity contribution in [3.8, 4) is 0 Å². The van der Waals surface area contributed by atoms with Crippen molar-refractivity contribution in [2.75, 3.05) is 12.4 Å². The number of nitrogens with zero attached hydrogens (tertiary/aromatic N) is 3. The van der Waals surface area contributed by atoms with Crippen LogP contribution in [-0.2, 0) is 12.0 Å². The smallest absolute Gasteiger partial charge is 0.322 e. The Balaban J connectivity index is 1.95. The summed E-state index contributed by atoms with van der Waals surface area (Å²) in [6.07, 6.45) is 1.82. The highest BCUT2D eigenvalue weighted by Crippen LogP contribution is 2.30. The van der Waals surface area contributed by atoms with Gasteiger partial charge in [0.05, 0.1) is 17.7 Å². The van der Waals surface area contributed by atoms with E-state index in [0.717, 1.165) is 10.6 Å². The number of rotatable bonds is 3. The number of urea groups is 1. The number of hydrogen-bond acceptors (Lipinski definition) is 5. The number of amides is 2. The molecule has 0 saturated heterocycles. The molecule has 7 heteroatoms. The fourth-order valence-electron chi connectivity index (χ4n) is 1.50. The first-order valence-corrected chi connectivity index (χ1v) is 7.97. The zero-order valence-corrected chi connectivity index (χ0v) is 13.6. The molecule has 0 bridgehead atoms. The molecule has 0 fully saturated rings. The third kappa shape index (κ3) is 3.77. The van der Waals surface area contributed by atoms with Crippen LogP contribution >= 0.6 is 22.7 Å². The summed E-state index contributed by atoms with van der Waals surface area (Å²) in [6.45, 7) is 6.87. The molecular formula is C13H18N4OS2. The Morgan fingerprint density at radius 3 is 2.70 bits per heavy atom. The molecule has 0 aliphatic heterocycles. The molecule has 0 atom stereocenters. The summed E-state index contributed by atoms with van der Waals surface area (Å²) in [6, 6.07) is -0.173. The number of thiazole rings is 2. The van der Waals surface area contributed by atoms with E-state index in [-0.39, 0.29) is 11.4 Å². The van der Waals surface area contributed by atoms with Crippen LogP contribution in [0.3, 0.4) is 0 Å². The second-order valence-electron chi connectivity index (χ2n) is 5.55. The van der Waals surface area contributed by atoms with Crippen molar-refractivity contribution < 1.29 is 4.79 Å². The molecule has 108 valence electrons. The maximum atomic E-state index is 12.1. The van der Waals surface area contributed by atoms with Crippen LogP contribution in [-0.4, -0.2) is 27.9 Å². The van der Waals surface area contributed by atoms with Gasteiger partial charge in [0.2, 0.25) is 0 Å². The van der Waals surface area contributed by atoms with E-state index >= 15 is 0 Å². The summed E-state index contributed by atoms with van der Waals surface area (Å²) < 4.78 is 0. The first-order chi connectivity index (χ1) is 9.36. The molecule has 0 aliphatic rings. The molecule has 5 nitrogen and oxygen atoms in total. The molecular weight excluding hydrogens is 292 g/mol. The Hall–Kier alpha value is -1.47. The van der Waals surface area contributed by atoms with Gasteiger partial charge < -0.3 is 4.90 Å². The first kappa shape index (κ1) is 14.9. The number of hydrogen-bond donors (Lipinski definition) is 1. The minimum Gasteiger partial charge on any atom is -0.322 e. The monoisotopic (exact) mass is 310 g/mol. The van der Waals surface area contributed by atoms with E-state index in [1.807, 2.05) is 11.6 Å². The molecule has 2 aromatic heterocycles. The first-order valence-electron chi connectivity index (χ1n) is 6.22. The summed E-state index contributed by atoms with van der Waals surface area (Å²) in [4.78, 5) is 23.2. The summed E-state index contributed by atoms with van der Waals surface area (Å²) in [5, 5.41) is 5.38. The highest BCUT2D eigenvalue weighted by molar-refractivity contribution is 7.15. The standard InChI is InChI=1S/C13H18N4OS2/c1-13(2,3)10-5-14-11(20-10)16-12(18)17(4)6-9-7-19-8-15-9/h5,7-8H,6H2,1-4H3,(H,14,16,18). The van der Waals surface area contributed by atoms with Gasteiger partial charge in [-0.2, -0.15) is 0 Å². The lowest BCUT2D eigenvalue weighted by Crippen LogP contribution is -2.30. The average Bonchev–Trinajstić information content (AvgIpc) is 2.98. The maximum absolute atomic E-state index is 12.1. The van der Waals surface area contributed by atoms with E-state index in [1.165, 1.54) is 22.7 Å². The minimum absolute atomic E-state index is 0.0488. The van der Waals surface area contributed by atoms with Crippen molar-refractivity contribution >= 4 is 33.8 Å². The highest BCUT2D eigenvalue weighted by Gasteiger charge is 2.18. The van der Waals surface area contributed by atoms with Gasteiger partial charge in [-0.3, -0.25) is 5.32 Å². The Kier molecular flexibility index (Phi) is 4.39. The molecule has 0 spiro atoms. The van der Waals surface area contributed by atoms with Crippen molar-refractivity contribution in [1.29, 1.82) is 0 Å². The lowest BCUT2D eigenvalue weighted by atomic mass is 9.96. The number of carbonyl (C=O) groups excluding carboxylic acids is 1. The number of aromatic nitrogens is 2. The van der Waals surface area contributed by atoms with Crippen molar-refractivity contribution in [2.24, 2.45) is 0 Å². The van der Waals surface area contributed by atoms with Crippen LogP contribution in [0.1, 0.15) is 31.3 Å². The van der Waals surface area contributed by atoms with Gasteiger partial charge in [-0.05, 0) is 5.41 Å². The van der Waals surface area contributed by atoms with E-state index in [9.17, 15) is 4.79 Å². The zero-order chi connectivity index (χ0) is 14.8. The molecule has 0 aliphatic carbocycles. The molecule has 2 heterocycles. The molecule has 0 radical (unpaired) electrons. The third-order valence-electron chi connectivity index (χ3n) is 2.69. The molecule has 0 unspecified atom stereocenters. The molecule has 20 heavy (non-hydrogen) atoms. The van der Waals surface area contributed by atoms with Crippen LogP contribution in [0, 0.1) is 0 Å². The van der Waals surface area contributed by atoms with Crippen molar-refractivity contribution in [1.82, 2.24) is 14.9 Å². The maximum Gasteiger partial charge on any atom is 0.323 e. The van der Waals surface area contributed by atoms with Crippen LogP contribution in [0.2, 0.25) is 0 Å². The van der Waals surface area contributed by atoms with Crippen LogP contribution < -0.4 is 5.32 Å². The average molecular weight is 310 g/mol. The van der Waals surface area contributed by atoms with Gasteiger partial charge >= 0.3 is 6.03 Å². The Morgan fingerprint density at radius 1 is 1.40 bits per heavy atom. The quantitative estimate of drug-likeness (QED) is 0.943. The van der Waals surface area contributed by atoms with E-state index in [4.69, 9.17) is 0 Å². The number of carbonyl (C=O) groups is 1.